The van der Waals surface area contributed by atoms with Crippen molar-refractivity contribution in [3.05, 3.63) is 106 Å². The van der Waals surface area contributed by atoms with Crippen molar-refractivity contribution in [3.63, 3.8) is 0 Å². The van der Waals surface area contributed by atoms with E-state index in [1.165, 1.54) is 12.1 Å². The van der Waals surface area contributed by atoms with Crippen LogP contribution >= 0.6 is 0 Å². The quantitative estimate of drug-likeness (QED) is 0.147. The van der Waals surface area contributed by atoms with Crippen LogP contribution in [0.3, 0.4) is 0 Å². The molecule has 5 aromatic rings. The van der Waals surface area contributed by atoms with Crippen LogP contribution in [0.15, 0.2) is 72.8 Å². The molecular formula is C40H35NO10. The molecule has 2 fully saturated rings. The highest BCUT2D eigenvalue weighted by Gasteiger charge is 2.72. The lowest BCUT2D eigenvalue weighted by atomic mass is 9.49. The summed E-state index contributed by atoms with van der Waals surface area (Å²) >= 11 is 0. The van der Waals surface area contributed by atoms with Crippen LogP contribution in [-0.4, -0.2) is 84.6 Å². The van der Waals surface area contributed by atoms with Crippen LogP contribution in [0, 0.1) is 0 Å². The van der Waals surface area contributed by atoms with Crippen LogP contribution < -0.4 is 4.74 Å². The van der Waals surface area contributed by atoms with E-state index in [0.29, 0.717) is 57.7 Å². The number of piperidine rings is 1. The van der Waals surface area contributed by atoms with Gasteiger partial charge in [0.25, 0.3) is 0 Å². The predicted molar refractivity (Wildman–Crippen MR) is 186 cm³/mol. The number of carboxylic acids is 2. The number of hydrogen-bond donors (Lipinski definition) is 6. The fourth-order valence-electron chi connectivity index (χ4n) is 9.22. The number of carbonyl (C=O) groups excluding carboxylic acids is 1. The highest BCUT2D eigenvalue weighted by atomic mass is 16.5. The zero-order valence-electron chi connectivity index (χ0n) is 27.6. The number of rotatable bonds is 4. The Bertz CT molecular complexity index is 2230. The molecule has 9 rings (SSSR count). The van der Waals surface area contributed by atoms with Gasteiger partial charge in [0, 0.05) is 35.6 Å². The number of fused-ring (bicyclic) bond motifs is 2. The Morgan fingerprint density at radius 2 is 1.41 bits per heavy atom. The smallest absolute Gasteiger partial charge is 0.339 e. The van der Waals surface area contributed by atoms with Crippen LogP contribution in [-0.2, 0) is 23.1 Å². The van der Waals surface area contributed by atoms with Crippen LogP contribution in [0.1, 0.15) is 62.2 Å². The van der Waals surface area contributed by atoms with Gasteiger partial charge < -0.3 is 40.3 Å². The molecule has 0 radical (unpaired) electrons. The predicted octanol–water partition coefficient (Wildman–Crippen LogP) is 5.14. The number of carboxylic acid groups (broad SMARTS) is 2. The summed E-state index contributed by atoms with van der Waals surface area (Å²) in [7, 11) is 2.04. The summed E-state index contributed by atoms with van der Waals surface area (Å²) in [6.07, 6.45) is 1.57. The molecule has 0 aromatic heterocycles. The highest BCUT2D eigenvalue weighted by molar-refractivity contribution is 6.02. The molecule has 2 aliphatic heterocycles. The lowest BCUT2D eigenvalue weighted by molar-refractivity contribution is -0.185. The number of aromatic hydroxyl groups is 3. The first-order chi connectivity index (χ1) is 24.4. The zero-order chi connectivity index (χ0) is 36.0. The molecule has 4 aliphatic rings. The zero-order valence-corrected chi connectivity index (χ0v) is 27.6. The summed E-state index contributed by atoms with van der Waals surface area (Å²) in [4.78, 5) is 37.9. The molecule has 4 atom stereocenters. The molecule has 1 saturated carbocycles. The highest BCUT2D eigenvalue weighted by Crippen LogP contribution is 2.64. The fourth-order valence-corrected chi connectivity index (χ4v) is 9.22. The number of aliphatic hydroxyl groups is 1. The monoisotopic (exact) mass is 689 g/mol. The van der Waals surface area contributed by atoms with Crippen molar-refractivity contribution < 1.29 is 49.8 Å². The average molecular weight is 690 g/mol. The van der Waals surface area contributed by atoms with E-state index >= 15 is 0 Å². The van der Waals surface area contributed by atoms with E-state index in [-0.39, 0.29) is 35.1 Å². The summed E-state index contributed by atoms with van der Waals surface area (Å²) in [5.41, 5.74) is 0.482. The number of likely N-dealkylation sites (N-methyl/N-ethyl adjacent to an activating group) is 1. The summed E-state index contributed by atoms with van der Waals surface area (Å²) in [5.74, 6) is -2.79. The maximum Gasteiger partial charge on any atom is 0.339 e. The maximum atomic E-state index is 12.5. The molecule has 0 unspecified atom stereocenters. The van der Waals surface area contributed by atoms with Crippen LogP contribution in [0.5, 0.6) is 23.0 Å². The maximum absolute atomic E-state index is 12.5. The van der Waals surface area contributed by atoms with Crippen molar-refractivity contribution in [3.8, 4) is 23.0 Å². The molecule has 2 aliphatic carbocycles. The summed E-state index contributed by atoms with van der Waals surface area (Å²) in [6.45, 7) is 0.828. The normalized spacial score (nSPS) is 24.4. The third-order valence-electron chi connectivity index (χ3n) is 11.6. The van der Waals surface area contributed by atoms with Gasteiger partial charge in [-0.25, -0.2) is 9.59 Å². The first kappa shape index (κ1) is 32.5. The second-order valence-electron chi connectivity index (χ2n) is 14.0. The van der Waals surface area contributed by atoms with E-state index in [1.807, 2.05) is 13.1 Å². The van der Waals surface area contributed by atoms with E-state index in [9.17, 15) is 45.0 Å². The number of phenols is 3. The van der Waals surface area contributed by atoms with Crippen molar-refractivity contribution in [1.82, 2.24) is 4.90 Å². The molecule has 6 N–H and O–H groups in total. The fraction of sp³-hybridized carbons (Fsp3) is 0.275. The van der Waals surface area contributed by atoms with Gasteiger partial charge >= 0.3 is 11.9 Å². The molecule has 2 heterocycles. The summed E-state index contributed by atoms with van der Waals surface area (Å²) < 4.78 is 5.94. The van der Waals surface area contributed by atoms with Crippen molar-refractivity contribution in [1.29, 1.82) is 0 Å². The van der Waals surface area contributed by atoms with Crippen LogP contribution in [0.2, 0.25) is 0 Å². The lowest BCUT2D eigenvalue weighted by Gasteiger charge is -2.61. The van der Waals surface area contributed by atoms with Crippen molar-refractivity contribution in [2.45, 2.75) is 55.3 Å². The van der Waals surface area contributed by atoms with Gasteiger partial charge in [-0.2, -0.15) is 0 Å². The Morgan fingerprint density at radius 3 is 1.98 bits per heavy atom. The van der Waals surface area contributed by atoms with Gasteiger partial charge in [-0.15, -0.1) is 0 Å². The summed E-state index contributed by atoms with van der Waals surface area (Å²) in [6, 6.07) is 20.3. The minimum atomic E-state index is -1.28. The van der Waals surface area contributed by atoms with Crippen molar-refractivity contribution in [2.24, 2.45) is 0 Å². The molecule has 1 saturated heterocycles. The lowest BCUT2D eigenvalue weighted by Crippen LogP contribution is -2.76. The van der Waals surface area contributed by atoms with Gasteiger partial charge in [-0.1, -0.05) is 54.6 Å². The average Bonchev–Trinajstić information content (AvgIpc) is 3.48. The number of phenolic OH excluding ortho intramolecular Hbond substituents is 1. The van der Waals surface area contributed by atoms with Crippen LogP contribution in [0.25, 0.3) is 21.5 Å². The van der Waals surface area contributed by atoms with E-state index < -0.39 is 40.6 Å². The number of likely N-dealkylation sites (tertiary alicyclic amines) is 1. The number of nitrogens with zero attached hydrogens (tertiary/aromatic N) is 1. The Kier molecular flexibility index (Phi) is 7.30. The first-order valence-corrected chi connectivity index (χ1v) is 16.8. The number of aromatic carboxylic acids is 2. The molecule has 1 spiro atoms. The second-order valence-corrected chi connectivity index (χ2v) is 14.0. The third-order valence-corrected chi connectivity index (χ3v) is 11.6. The molecule has 51 heavy (non-hydrogen) atoms. The third kappa shape index (κ3) is 4.54. The van der Waals surface area contributed by atoms with Gasteiger partial charge in [0.2, 0.25) is 0 Å². The van der Waals surface area contributed by atoms with Gasteiger partial charge in [0.1, 0.15) is 22.6 Å². The number of ether oxygens (including phenoxy) is 1. The molecule has 5 aromatic carbocycles. The van der Waals surface area contributed by atoms with E-state index in [2.05, 4.69) is 4.90 Å². The molecule has 0 amide bonds. The van der Waals surface area contributed by atoms with Gasteiger partial charge in [0.05, 0.1) is 11.0 Å². The topological polar surface area (TPSA) is 185 Å². The largest absolute Gasteiger partial charge is 0.507 e. The second kappa shape index (κ2) is 11.4. The molecule has 260 valence electrons. The molecular weight excluding hydrogens is 654 g/mol. The van der Waals surface area contributed by atoms with Crippen LogP contribution in [0.4, 0.5) is 0 Å². The number of Topliss-reactive ketones (excluding diaryl/α,β-unsaturated/α-hetero) is 1. The molecule has 11 heteroatoms. The minimum absolute atomic E-state index is 0.00319. The Labute approximate surface area is 291 Å². The van der Waals surface area contributed by atoms with Crippen molar-refractivity contribution in [2.75, 3.05) is 13.6 Å². The molecule has 11 nitrogen and oxygen atoms in total. The van der Waals surface area contributed by atoms with E-state index in [1.54, 1.807) is 54.6 Å². The minimum Gasteiger partial charge on any atom is -0.507 e. The van der Waals surface area contributed by atoms with Gasteiger partial charge in [0.15, 0.2) is 23.4 Å². The first-order valence-electron chi connectivity index (χ1n) is 16.8. The number of benzene rings is 5. The molecule has 2 bridgehead atoms. The standard InChI is InChI=1S/C23H16O6.C17H19NO4/c24-20-16(14-7-3-1-5-12(14)9-18(20)22(26)27)11-17-15-8-4-2-6-13(15)10-19(21(17)25)23(28)29;1-18-7-6-16-13-9-2-3-10(19)14(13)22-15(16)11(20)4-5-17(16,21)12(18)8-9/h1-10,24-25H,11H2,(H,26,27)(H,28,29);2-3,12,15,19,21H,4-8H2,1H3/t;12-,15+,16+,17-/m.1/s1. The van der Waals surface area contributed by atoms with E-state index in [0.717, 1.165) is 24.1 Å². The Balaban J connectivity index is 0.000000152. The summed E-state index contributed by atoms with van der Waals surface area (Å²) in [5, 5.41) is 64.6. The number of ketones is 1. The van der Waals surface area contributed by atoms with E-state index in [4.69, 9.17) is 4.74 Å². The Hall–Kier alpha value is -5.65. The Morgan fingerprint density at radius 1 is 0.843 bits per heavy atom. The SMILES string of the molecule is CN1CC[C@]23c4c5ccc(O)c4O[C@H]2C(=O)CC[C@@]3(O)[C@H]1C5.O=C(O)c1cc2ccccc2c(Cc2c(O)c(C(=O)O)cc3ccccc23)c1O. The van der Waals surface area contributed by atoms with Gasteiger partial charge in [-0.05, 0) is 78.2 Å². The number of hydrogen-bond acceptors (Lipinski definition) is 9. The van der Waals surface area contributed by atoms with Crippen molar-refractivity contribution >= 4 is 39.3 Å². The van der Waals surface area contributed by atoms with Gasteiger partial charge in [-0.3, -0.25) is 4.79 Å². The number of carbonyl (C=O) groups is 3.